The molecule has 0 spiro atoms. The van der Waals surface area contributed by atoms with E-state index in [1.807, 2.05) is 12.3 Å². The molecule has 2 aromatic heterocycles. The van der Waals surface area contributed by atoms with Crippen LogP contribution < -0.4 is 10.9 Å². The maximum atomic E-state index is 13.3. The Morgan fingerprint density at radius 3 is 2.77 bits per heavy atom. The van der Waals surface area contributed by atoms with Crippen LogP contribution in [0.1, 0.15) is 47.8 Å². The summed E-state index contributed by atoms with van der Waals surface area (Å²) in [7, 11) is 0. The second-order valence-electron chi connectivity index (χ2n) is 11.2. The molecule has 2 saturated heterocycles. The highest BCUT2D eigenvalue weighted by molar-refractivity contribution is 5.78. The van der Waals surface area contributed by atoms with Crippen LogP contribution in [0.4, 0.5) is 13.2 Å². The predicted octanol–water partition coefficient (Wildman–Crippen LogP) is 2.13. The van der Waals surface area contributed by atoms with Crippen molar-refractivity contribution in [2.45, 2.75) is 69.2 Å². The number of rotatable bonds is 6. The number of halogens is 3. The van der Waals surface area contributed by atoms with Crippen LogP contribution in [0.3, 0.4) is 0 Å². The molecule has 1 N–H and O–H groups in total. The van der Waals surface area contributed by atoms with E-state index in [9.17, 15) is 22.8 Å². The van der Waals surface area contributed by atoms with Gasteiger partial charge in [0.2, 0.25) is 5.91 Å². The molecule has 3 aliphatic heterocycles. The molecule has 1 aliphatic carbocycles. The molecule has 0 bridgehead atoms. The standard InChI is InChI=1S/C28H34F3N5O4/c29-28(30,31)19-11-21-14-34(7-8-36(21)27(38)12-19)17-26(37)33-23-15-35(20-4-9-39-10-5-20)16-25(23)40-24-2-1-18-13-32-6-3-22(18)24/h3,6,11-13,20,23-25H,1-2,4-5,7-10,14-17H2,(H,33,37)/t23?,24?,25-/m0/s1. The number of hydrogen-bond acceptors (Lipinski definition) is 7. The maximum absolute atomic E-state index is 13.3. The lowest BCUT2D eigenvalue weighted by Gasteiger charge is -2.31. The summed E-state index contributed by atoms with van der Waals surface area (Å²) in [5.74, 6) is -0.203. The molecule has 0 radical (unpaired) electrons. The molecule has 1 amide bonds. The van der Waals surface area contributed by atoms with Gasteiger partial charge in [-0.2, -0.15) is 13.2 Å². The summed E-state index contributed by atoms with van der Waals surface area (Å²) in [5, 5.41) is 3.17. The second-order valence-corrected chi connectivity index (χ2v) is 11.2. The van der Waals surface area contributed by atoms with Crippen LogP contribution in [-0.2, 0) is 40.0 Å². The van der Waals surface area contributed by atoms with E-state index in [4.69, 9.17) is 9.47 Å². The molecule has 2 unspecified atom stereocenters. The summed E-state index contributed by atoms with van der Waals surface area (Å²) in [6.07, 6.45) is 2.52. The summed E-state index contributed by atoms with van der Waals surface area (Å²) in [6.45, 7) is 3.60. The molecule has 3 atom stereocenters. The van der Waals surface area contributed by atoms with Crippen LogP contribution in [-0.4, -0.2) is 82.8 Å². The Bertz CT molecular complexity index is 1300. The van der Waals surface area contributed by atoms with E-state index in [1.165, 1.54) is 10.1 Å². The van der Waals surface area contributed by atoms with E-state index in [-0.39, 0.29) is 49.5 Å². The lowest BCUT2D eigenvalue weighted by molar-refractivity contribution is -0.138. The van der Waals surface area contributed by atoms with E-state index in [1.54, 1.807) is 11.1 Å². The first-order valence-corrected chi connectivity index (χ1v) is 14.0. The lowest BCUT2D eigenvalue weighted by atomic mass is 10.1. The number of fused-ring (bicyclic) bond motifs is 2. The fraction of sp³-hybridized carbons (Fsp3) is 0.607. The van der Waals surface area contributed by atoms with Crippen LogP contribution in [0, 0.1) is 0 Å². The fourth-order valence-electron chi connectivity index (χ4n) is 6.52. The summed E-state index contributed by atoms with van der Waals surface area (Å²) in [4.78, 5) is 33.9. The van der Waals surface area contributed by atoms with Gasteiger partial charge >= 0.3 is 6.18 Å². The van der Waals surface area contributed by atoms with Crippen LogP contribution in [0.5, 0.6) is 0 Å². The SMILES string of the molecule is O=C(CN1CCn2c(cc(C(F)(F)F)cc2=O)C1)NC1CN(C2CCOCC2)C[C@@H]1OC1CCc2cnccc21. The molecule has 9 nitrogen and oxygen atoms in total. The fourth-order valence-corrected chi connectivity index (χ4v) is 6.52. The number of alkyl halides is 3. The molecule has 5 heterocycles. The van der Waals surface area contributed by atoms with Gasteiger partial charge in [0, 0.05) is 76.1 Å². The molecule has 2 aromatic rings. The predicted molar refractivity (Wildman–Crippen MR) is 138 cm³/mol. The highest BCUT2D eigenvalue weighted by atomic mass is 19.4. The van der Waals surface area contributed by atoms with Gasteiger partial charge in [0.25, 0.3) is 5.56 Å². The highest BCUT2D eigenvalue weighted by Crippen LogP contribution is 2.36. The first-order chi connectivity index (χ1) is 19.2. The van der Waals surface area contributed by atoms with Gasteiger partial charge in [0.1, 0.15) is 0 Å². The number of aromatic nitrogens is 2. The topological polar surface area (TPSA) is 88.9 Å². The molecular formula is C28H34F3N5O4. The van der Waals surface area contributed by atoms with Gasteiger partial charge in [-0.25, -0.2) is 0 Å². The van der Waals surface area contributed by atoms with Crippen LogP contribution in [0.15, 0.2) is 35.4 Å². The van der Waals surface area contributed by atoms with Gasteiger partial charge in [-0.1, -0.05) is 0 Å². The molecule has 0 saturated carbocycles. The van der Waals surface area contributed by atoms with Crippen LogP contribution in [0.25, 0.3) is 0 Å². The smallest absolute Gasteiger partial charge is 0.381 e. The summed E-state index contributed by atoms with van der Waals surface area (Å²) < 4.78 is 53.3. The normalized spacial score (nSPS) is 26.0. The first kappa shape index (κ1) is 27.4. The number of pyridine rings is 2. The van der Waals surface area contributed by atoms with Gasteiger partial charge < -0.3 is 19.4 Å². The number of ether oxygens (including phenoxy) is 2. The zero-order valence-corrected chi connectivity index (χ0v) is 22.2. The van der Waals surface area contributed by atoms with Crippen molar-refractivity contribution < 1.29 is 27.4 Å². The Labute approximate surface area is 230 Å². The zero-order valence-electron chi connectivity index (χ0n) is 22.2. The Kier molecular flexibility index (Phi) is 7.68. The third-order valence-electron chi connectivity index (χ3n) is 8.58. The summed E-state index contributed by atoms with van der Waals surface area (Å²) in [6, 6.07) is 3.82. The number of amides is 1. The number of nitrogens with zero attached hydrogens (tertiary/aromatic N) is 4. The highest BCUT2D eigenvalue weighted by Gasteiger charge is 2.41. The van der Waals surface area contributed by atoms with Gasteiger partial charge in [-0.3, -0.25) is 24.4 Å². The first-order valence-electron chi connectivity index (χ1n) is 14.0. The minimum Gasteiger partial charge on any atom is -0.381 e. The van der Waals surface area contributed by atoms with Gasteiger partial charge in [-0.15, -0.1) is 0 Å². The Morgan fingerprint density at radius 2 is 1.98 bits per heavy atom. The summed E-state index contributed by atoms with van der Waals surface area (Å²) in [5.41, 5.74) is 0.993. The largest absolute Gasteiger partial charge is 0.416 e. The number of carbonyl (C=O) groups excluding carboxylic acids is 1. The average molecular weight is 562 g/mol. The molecule has 4 aliphatic rings. The lowest BCUT2D eigenvalue weighted by Crippen LogP contribution is -2.49. The van der Waals surface area contributed by atoms with Crippen molar-refractivity contribution in [3.8, 4) is 0 Å². The Hall–Kier alpha value is -2.80. The molecule has 12 heteroatoms. The van der Waals surface area contributed by atoms with Crippen molar-refractivity contribution in [1.82, 2.24) is 24.7 Å². The average Bonchev–Trinajstić information content (AvgIpc) is 3.52. The van der Waals surface area contributed by atoms with Crippen molar-refractivity contribution in [2.75, 3.05) is 39.4 Å². The molecule has 2 fully saturated rings. The Balaban J connectivity index is 1.12. The van der Waals surface area contributed by atoms with E-state index in [0.717, 1.165) is 50.5 Å². The van der Waals surface area contributed by atoms with Gasteiger partial charge in [0.15, 0.2) is 0 Å². The number of nitrogens with one attached hydrogen (secondary N) is 1. The van der Waals surface area contributed by atoms with Crippen LogP contribution >= 0.6 is 0 Å². The van der Waals surface area contributed by atoms with E-state index in [0.29, 0.717) is 31.7 Å². The number of aryl methyl sites for hydroxylation is 1. The third-order valence-corrected chi connectivity index (χ3v) is 8.58. The molecule has 0 aromatic carbocycles. The van der Waals surface area contributed by atoms with Crippen LogP contribution in [0.2, 0.25) is 0 Å². The van der Waals surface area contributed by atoms with E-state index in [2.05, 4.69) is 15.2 Å². The van der Waals surface area contributed by atoms with Crippen molar-refractivity contribution in [3.05, 3.63) is 63.3 Å². The third kappa shape index (κ3) is 5.81. The zero-order chi connectivity index (χ0) is 27.9. The van der Waals surface area contributed by atoms with E-state index < -0.39 is 17.3 Å². The summed E-state index contributed by atoms with van der Waals surface area (Å²) >= 11 is 0. The quantitative estimate of drug-likeness (QED) is 0.578. The van der Waals surface area contributed by atoms with Crippen molar-refractivity contribution in [2.24, 2.45) is 0 Å². The number of hydrogen-bond donors (Lipinski definition) is 1. The van der Waals surface area contributed by atoms with Crippen molar-refractivity contribution in [1.29, 1.82) is 0 Å². The van der Waals surface area contributed by atoms with Gasteiger partial charge in [0.05, 0.1) is 30.4 Å². The minimum atomic E-state index is -4.60. The molecular weight excluding hydrogens is 527 g/mol. The van der Waals surface area contributed by atoms with Crippen molar-refractivity contribution >= 4 is 5.91 Å². The number of likely N-dealkylation sites (tertiary alicyclic amines) is 1. The maximum Gasteiger partial charge on any atom is 0.416 e. The number of carbonyl (C=O) groups is 1. The monoisotopic (exact) mass is 561 g/mol. The van der Waals surface area contributed by atoms with E-state index >= 15 is 0 Å². The molecule has 216 valence electrons. The minimum absolute atomic E-state index is 0.0306. The van der Waals surface area contributed by atoms with Gasteiger partial charge in [-0.05, 0) is 48.9 Å². The Morgan fingerprint density at radius 1 is 1.15 bits per heavy atom. The molecule has 6 rings (SSSR count). The second kappa shape index (κ2) is 11.2. The van der Waals surface area contributed by atoms with Crippen molar-refractivity contribution in [3.63, 3.8) is 0 Å². The molecule has 40 heavy (non-hydrogen) atoms.